The van der Waals surface area contributed by atoms with E-state index in [2.05, 4.69) is 18.3 Å². The van der Waals surface area contributed by atoms with E-state index in [1.807, 2.05) is 18.2 Å². The Morgan fingerprint density at radius 1 is 1.15 bits per heavy atom. The van der Waals surface area contributed by atoms with Crippen molar-refractivity contribution >= 4 is 46.1 Å². The van der Waals surface area contributed by atoms with Crippen molar-refractivity contribution in [3.05, 3.63) is 55.2 Å². The molecule has 108 valence electrons. The molecular weight excluding hydrogens is 333 g/mol. The average molecular weight is 349 g/mol. The molecule has 1 atom stereocenters. The molecule has 1 aromatic heterocycles. The quantitative estimate of drug-likeness (QED) is 0.676. The normalized spacial score (nSPS) is 12.6. The highest BCUT2D eigenvalue weighted by atomic mass is 35.5. The lowest BCUT2D eigenvalue weighted by molar-refractivity contribution is 0.524. The van der Waals surface area contributed by atoms with Gasteiger partial charge in [0.1, 0.15) is 0 Å². The van der Waals surface area contributed by atoms with E-state index in [9.17, 15) is 0 Å². The molecule has 0 aliphatic heterocycles. The third-order valence-corrected chi connectivity index (χ3v) is 4.99. The molecular formula is C15H16Cl3NS. The first-order chi connectivity index (χ1) is 9.60. The number of rotatable bonds is 6. The minimum atomic E-state index is 0.246. The van der Waals surface area contributed by atoms with Gasteiger partial charge in [-0.2, -0.15) is 0 Å². The molecule has 0 radical (unpaired) electrons. The molecule has 0 saturated carbocycles. The predicted octanol–water partition coefficient (Wildman–Crippen LogP) is 5.99. The first-order valence-corrected chi connectivity index (χ1v) is 8.47. The maximum absolute atomic E-state index is 6.26. The van der Waals surface area contributed by atoms with Crippen molar-refractivity contribution in [2.75, 3.05) is 6.54 Å². The van der Waals surface area contributed by atoms with Gasteiger partial charge in [-0.25, -0.2) is 0 Å². The zero-order chi connectivity index (χ0) is 14.5. The van der Waals surface area contributed by atoms with Crippen LogP contribution in [0.4, 0.5) is 0 Å². The summed E-state index contributed by atoms with van der Waals surface area (Å²) < 4.78 is 0.841. The van der Waals surface area contributed by atoms with Crippen molar-refractivity contribution in [1.82, 2.24) is 5.32 Å². The highest BCUT2D eigenvalue weighted by Crippen LogP contribution is 2.28. The van der Waals surface area contributed by atoms with Gasteiger partial charge in [0, 0.05) is 27.5 Å². The van der Waals surface area contributed by atoms with Crippen LogP contribution in [0, 0.1) is 0 Å². The number of hydrogen-bond donors (Lipinski definition) is 1. The lowest BCUT2D eigenvalue weighted by Crippen LogP contribution is -2.23. The van der Waals surface area contributed by atoms with Crippen LogP contribution in [0.5, 0.6) is 0 Å². The summed E-state index contributed by atoms with van der Waals surface area (Å²) in [6.07, 6.45) is 1.95. The lowest BCUT2D eigenvalue weighted by atomic mass is 10.0. The molecule has 0 amide bonds. The van der Waals surface area contributed by atoms with Gasteiger partial charge in [-0.1, -0.05) is 47.8 Å². The fourth-order valence-corrected chi connectivity index (χ4v) is 3.74. The van der Waals surface area contributed by atoms with Crippen LogP contribution in [-0.4, -0.2) is 6.54 Å². The van der Waals surface area contributed by atoms with Crippen LogP contribution >= 0.6 is 46.1 Å². The van der Waals surface area contributed by atoms with Gasteiger partial charge < -0.3 is 5.32 Å². The second-order valence-electron chi connectivity index (χ2n) is 4.54. The van der Waals surface area contributed by atoms with Crippen molar-refractivity contribution in [2.45, 2.75) is 25.8 Å². The van der Waals surface area contributed by atoms with Crippen LogP contribution in [0.1, 0.15) is 29.8 Å². The Bertz CT molecular complexity index is 568. The monoisotopic (exact) mass is 347 g/mol. The molecule has 2 aromatic rings. The Hall–Kier alpha value is -0.250. The Kier molecular flexibility index (Phi) is 6.19. The predicted molar refractivity (Wildman–Crippen MR) is 90.5 cm³/mol. The number of hydrogen-bond acceptors (Lipinski definition) is 2. The Balaban J connectivity index is 1.95. The van der Waals surface area contributed by atoms with E-state index in [0.717, 1.165) is 34.3 Å². The van der Waals surface area contributed by atoms with Crippen LogP contribution in [0.2, 0.25) is 14.4 Å². The maximum atomic E-state index is 6.26. The molecule has 1 unspecified atom stereocenters. The van der Waals surface area contributed by atoms with Gasteiger partial charge in [0.2, 0.25) is 0 Å². The molecule has 1 nitrogen and oxygen atoms in total. The molecule has 1 N–H and O–H groups in total. The fraction of sp³-hybridized carbons (Fsp3) is 0.333. The lowest BCUT2D eigenvalue weighted by Gasteiger charge is -2.18. The van der Waals surface area contributed by atoms with Gasteiger partial charge in [0.15, 0.2) is 0 Å². The highest BCUT2D eigenvalue weighted by molar-refractivity contribution is 7.16. The number of halogens is 3. The van der Waals surface area contributed by atoms with E-state index in [0.29, 0.717) is 5.02 Å². The summed E-state index contributed by atoms with van der Waals surface area (Å²) in [5, 5.41) is 4.93. The van der Waals surface area contributed by atoms with Crippen molar-refractivity contribution in [2.24, 2.45) is 0 Å². The topological polar surface area (TPSA) is 12.0 Å². The summed E-state index contributed by atoms with van der Waals surface area (Å²) in [5.74, 6) is 0. The third kappa shape index (κ3) is 4.37. The second kappa shape index (κ2) is 7.67. The van der Waals surface area contributed by atoms with Gasteiger partial charge in [-0.15, -0.1) is 11.3 Å². The van der Waals surface area contributed by atoms with Crippen molar-refractivity contribution < 1.29 is 0 Å². The van der Waals surface area contributed by atoms with E-state index in [1.165, 1.54) is 4.88 Å². The summed E-state index contributed by atoms with van der Waals surface area (Å²) in [6, 6.07) is 9.93. The van der Waals surface area contributed by atoms with Crippen molar-refractivity contribution in [3.8, 4) is 0 Å². The third-order valence-electron chi connectivity index (χ3n) is 3.14. The van der Waals surface area contributed by atoms with E-state index in [-0.39, 0.29) is 6.04 Å². The van der Waals surface area contributed by atoms with E-state index in [4.69, 9.17) is 34.8 Å². The van der Waals surface area contributed by atoms with Crippen LogP contribution < -0.4 is 5.32 Å². The van der Waals surface area contributed by atoms with E-state index < -0.39 is 0 Å². The van der Waals surface area contributed by atoms with Gasteiger partial charge in [-0.3, -0.25) is 0 Å². The molecule has 0 saturated heterocycles. The Morgan fingerprint density at radius 3 is 2.55 bits per heavy atom. The summed E-state index contributed by atoms with van der Waals surface area (Å²) in [4.78, 5) is 1.29. The summed E-state index contributed by atoms with van der Waals surface area (Å²) >= 11 is 19.8. The molecule has 0 aliphatic carbocycles. The first-order valence-electron chi connectivity index (χ1n) is 6.52. The number of benzene rings is 1. The van der Waals surface area contributed by atoms with Crippen LogP contribution in [-0.2, 0) is 6.42 Å². The minimum Gasteiger partial charge on any atom is -0.310 e. The van der Waals surface area contributed by atoms with Crippen LogP contribution in [0.3, 0.4) is 0 Å². The summed E-state index contributed by atoms with van der Waals surface area (Å²) in [6.45, 7) is 3.04. The number of nitrogens with one attached hydrogen (secondary N) is 1. The van der Waals surface area contributed by atoms with Gasteiger partial charge in [-0.05, 0) is 42.7 Å². The Labute approximate surface area is 138 Å². The van der Waals surface area contributed by atoms with Crippen LogP contribution in [0.15, 0.2) is 30.3 Å². The minimum absolute atomic E-state index is 0.246. The van der Waals surface area contributed by atoms with Gasteiger partial charge >= 0.3 is 0 Å². The van der Waals surface area contributed by atoms with Gasteiger partial charge in [0.25, 0.3) is 0 Å². The zero-order valence-electron chi connectivity index (χ0n) is 11.1. The standard InChI is InChI=1S/C15H16Cl3NS/c1-2-14(12-5-3-10(16)9-13(12)17)19-8-7-11-4-6-15(18)20-11/h3-6,9,14,19H,2,7-8H2,1H3. The molecule has 0 bridgehead atoms. The molecule has 2 rings (SSSR count). The number of thiophene rings is 1. The molecule has 0 aliphatic rings. The molecule has 5 heteroatoms. The first kappa shape index (κ1) is 16.1. The Morgan fingerprint density at radius 2 is 1.95 bits per heavy atom. The molecule has 0 fully saturated rings. The molecule has 1 aromatic carbocycles. The van der Waals surface area contributed by atoms with Gasteiger partial charge in [0.05, 0.1) is 4.34 Å². The largest absolute Gasteiger partial charge is 0.310 e. The van der Waals surface area contributed by atoms with Crippen molar-refractivity contribution in [3.63, 3.8) is 0 Å². The highest BCUT2D eigenvalue weighted by Gasteiger charge is 2.12. The molecule has 1 heterocycles. The molecule has 0 spiro atoms. The summed E-state index contributed by atoms with van der Waals surface area (Å²) in [7, 11) is 0. The SMILES string of the molecule is CCC(NCCc1ccc(Cl)s1)c1ccc(Cl)cc1Cl. The average Bonchev–Trinajstić information content (AvgIpc) is 2.81. The van der Waals surface area contributed by atoms with E-state index >= 15 is 0 Å². The summed E-state index contributed by atoms with van der Waals surface area (Å²) in [5.41, 5.74) is 1.10. The van der Waals surface area contributed by atoms with Crippen molar-refractivity contribution in [1.29, 1.82) is 0 Å². The fourth-order valence-electron chi connectivity index (χ4n) is 2.11. The zero-order valence-corrected chi connectivity index (χ0v) is 14.2. The maximum Gasteiger partial charge on any atom is 0.0931 e. The van der Waals surface area contributed by atoms with Crippen LogP contribution in [0.25, 0.3) is 0 Å². The smallest absolute Gasteiger partial charge is 0.0931 e. The molecule has 20 heavy (non-hydrogen) atoms. The van der Waals surface area contributed by atoms with E-state index in [1.54, 1.807) is 17.4 Å². The second-order valence-corrected chi connectivity index (χ2v) is 7.18.